The van der Waals surface area contributed by atoms with E-state index in [0.29, 0.717) is 0 Å². The highest BCUT2D eigenvalue weighted by atomic mass is 15.1. The lowest BCUT2D eigenvalue weighted by atomic mass is 10.1. The highest BCUT2D eigenvalue weighted by Crippen LogP contribution is 2.17. The molecule has 0 aliphatic rings. The highest BCUT2D eigenvalue weighted by molar-refractivity contribution is 5.45. The number of benzene rings is 1. The Balaban J connectivity index is 2.47. The number of rotatable bonds is 2. The molecule has 0 aliphatic heterocycles. The molecule has 0 bridgehead atoms. The van der Waals surface area contributed by atoms with Gasteiger partial charge >= 0.3 is 0 Å². The van der Waals surface area contributed by atoms with Crippen molar-refractivity contribution < 1.29 is 0 Å². The van der Waals surface area contributed by atoms with E-state index in [0.717, 1.165) is 11.3 Å². The third-order valence-electron chi connectivity index (χ3n) is 2.68. The van der Waals surface area contributed by atoms with Gasteiger partial charge in [-0.15, -0.1) is 0 Å². The van der Waals surface area contributed by atoms with Crippen molar-refractivity contribution in [1.29, 1.82) is 10.5 Å². The van der Waals surface area contributed by atoms with E-state index >= 15 is 0 Å². The van der Waals surface area contributed by atoms with Crippen LogP contribution in [0.2, 0.25) is 0 Å². The molecule has 1 unspecified atom stereocenters. The van der Waals surface area contributed by atoms with Crippen LogP contribution in [0.5, 0.6) is 0 Å². The molecule has 0 saturated carbocycles. The molecule has 5 heteroatoms. The quantitative estimate of drug-likeness (QED) is 0.859. The molecule has 0 spiro atoms. The molecule has 0 amide bonds. The lowest BCUT2D eigenvalue weighted by Crippen LogP contribution is -2.05. The van der Waals surface area contributed by atoms with Crippen LogP contribution >= 0.6 is 0 Å². The first kappa shape index (κ1) is 11.8. The summed E-state index contributed by atoms with van der Waals surface area (Å²) in [5.74, 6) is 0. The van der Waals surface area contributed by atoms with Crippen LogP contribution in [-0.4, -0.2) is 9.55 Å². The molecular weight excluding hydrogens is 226 g/mol. The van der Waals surface area contributed by atoms with Crippen molar-refractivity contribution in [2.75, 3.05) is 0 Å². The molecule has 1 heterocycles. The van der Waals surface area contributed by atoms with E-state index in [2.05, 4.69) is 4.98 Å². The standard InChI is InChI=1S/C13H11N5/c1-9(16)10-2-4-11(5-3-10)18-8-17-12(6-14)13(18)7-15/h2-5,8-9H,16H2,1H3. The first-order chi connectivity index (χ1) is 8.67. The van der Waals surface area contributed by atoms with Crippen LogP contribution in [0, 0.1) is 22.7 Å². The van der Waals surface area contributed by atoms with Gasteiger partial charge in [-0.1, -0.05) is 12.1 Å². The van der Waals surface area contributed by atoms with Gasteiger partial charge in [-0.3, -0.25) is 4.57 Å². The lowest BCUT2D eigenvalue weighted by molar-refractivity contribution is 0.817. The second kappa shape index (κ2) is 4.70. The third-order valence-corrected chi connectivity index (χ3v) is 2.68. The molecule has 1 aromatic heterocycles. The van der Waals surface area contributed by atoms with Gasteiger partial charge < -0.3 is 5.73 Å². The molecule has 2 rings (SSSR count). The van der Waals surface area contributed by atoms with E-state index in [4.69, 9.17) is 16.3 Å². The fraction of sp³-hybridized carbons (Fsp3) is 0.154. The summed E-state index contributed by atoms with van der Waals surface area (Å²) in [6.45, 7) is 1.90. The van der Waals surface area contributed by atoms with Crippen LogP contribution in [0.3, 0.4) is 0 Å². The topological polar surface area (TPSA) is 91.4 Å². The van der Waals surface area contributed by atoms with E-state index < -0.39 is 0 Å². The molecule has 0 aliphatic carbocycles. The zero-order chi connectivity index (χ0) is 13.1. The van der Waals surface area contributed by atoms with Crippen LogP contribution in [-0.2, 0) is 0 Å². The second-order valence-electron chi connectivity index (χ2n) is 3.92. The second-order valence-corrected chi connectivity index (χ2v) is 3.92. The SMILES string of the molecule is CC(N)c1ccc(-n2cnc(C#N)c2C#N)cc1. The fourth-order valence-corrected chi connectivity index (χ4v) is 1.67. The maximum Gasteiger partial charge on any atom is 0.177 e. The van der Waals surface area contributed by atoms with E-state index in [1.54, 1.807) is 4.57 Å². The minimum absolute atomic E-state index is 0.0352. The summed E-state index contributed by atoms with van der Waals surface area (Å²) in [4.78, 5) is 3.89. The Bertz CT molecular complexity index is 638. The molecule has 2 N–H and O–H groups in total. The Hall–Kier alpha value is -2.63. The number of imidazole rings is 1. The van der Waals surface area contributed by atoms with E-state index in [9.17, 15) is 0 Å². The van der Waals surface area contributed by atoms with Gasteiger partial charge in [-0.25, -0.2) is 4.98 Å². The van der Waals surface area contributed by atoms with Gasteiger partial charge in [0.15, 0.2) is 11.4 Å². The van der Waals surface area contributed by atoms with Crippen molar-refractivity contribution in [3.63, 3.8) is 0 Å². The maximum atomic E-state index is 9.04. The van der Waals surface area contributed by atoms with Crippen molar-refractivity contribution in [3.8, 4) is 17.8 Å². The molecule has 0 radical (unpaired) electrons. The number of hydrogen-bond donors (Lipinski definition) is 1. The largest absolute Gasteiger partial charge is 0.324 e. The summed E-state index contributed by atoms with van der Waals surface area (Å²) in [6, 6.07) is 11.3. The molecule has 1 aromatic carbocycles. The monoisotopic (exact) mass is 237 g/mol. The fourth-order valence-electron chi connectivity index (χ4n) is 1.67. The van der Waals surface area contributed by atoms with Crippen LogP contribution in [0.25, 0.3) is 5.69 Å². The first-order valence-corrected chi connectivity index (χ1v) is 5.41. The van der Waals surface area contributed by atoms with Crippen molar-refractivity contribution in [2.24, 2.45) is 5.73 Å². The zero-order valence-electron chi connectivity index (χ0n) is 9.83. The van der Waals surface area contributed by atoms with Gasteiger partial charge in [0.25, 0.3) is 0 Å². The Morgan fingerprint density at radius 2 is 1.89 bits per heavy atom. The summed E-state index contributed by atoms with van der Waals surface area (Å²) in [7, 11) is 0. The Morgan fingerprint density at radius 1 is 1.22 bits per heavy atom. The molecule has 2 aromatic rings. The van der Waals surface area contributed by atoms with Crippen LogP contribution in [0.1, 0.15) is 29.9 Å². The average Bonchev–Trinajstić information content (AvgIpc) is 2.81. The molecule has 18 heavy (non-hydrogen) atoms. The van der Waals surface area contributed by atoms with Crippen molar-refractivity contribution in [2.45, 2.75) is 13.0 Å². The van der Waals surface area contributed by atoms with E-state index in [1.807, 2.05) is 43.3 Å². The smallest absolute Gasteiger partial charge is 0.177 e. The summed E-state index contributed by atoms with van der Waals surface area (Å²) in [5.41, 5.74) is 7.94. The van der Waals surface area contributed by atoms with Crippen molar-refractivity contribution >= 4 is 0 Å². The van der Waals surface area contributed by atoms with Crippen molar-refractivity contribution in [3.05, 3.63) is 47.5 Å². The van der Waals surface area contributed by atoms with Gasteiger partial charge in [0.05, 0.1) is 0 Å². The number of nitrogens with zero attached hydrogens (tertiary/aromatic N) is 4. The van der Waals surface area contributed by atoms with Gasteiger partial charge in [0, 0.05) is 11.7 Å². The Morgan fingerprint density at radius 3 is 2.39 bits per heavy atom. The summed E-state index contributed by atoms with van der Waals surface area (Å²) in [6.07, 6.45) is 1.47. The van der Waals surface area contributed by atoms with E-state index in [-0.39, 0.29) is 17.4 Å². The minimum Gasteiger partial charge on any atom is -0.324 e. The molecular formula is C13H11N5. The third kappa shape index (κ3) is 1.95. The zero-order valence-corrected chi connectivity index (χ0v) is 9.83. The van der Waals surface area contributed by atoms with Crippen LogP contribution in [0.15, 0.2) is 30.6 Å². The van der Waals surface area contributed by atoms with E-state index in [1.165, 1.54) is 6.33 Å². The summed E-state index contributed by atoms with van der Waals surface area (Å²) >= 11 is 0. The highest BCUT2D eigenvalue weighted by Gasteiger charge is 2.11. The Kier molecular flexibility index (Phi) is 3.09. The maximum absolute atomic E-state index is 9.04. The number of hydrogen-bond acceptors (Lipinski definition) is 4. The van der Waals surface area contributed by atoms with Gasteiger partial charge in [-0.05, 0) is 24.6 Å². The van der Waals surface area contributed by atoms with Crippen molar-refractivity contribution in [1.82, 2.24) is 9.55 Å². The molecule has 1 atom stereocenters. The normalized spacial score (nSPS) is 11.6. The first-order valence-electron chi connectivity index (χ1n) is 5.41. The summed E-state index contributed by atoms with van der Waals surface area (Å²) in [5, 5.41) is 17.9. The number of nitriles is 2. The molecule has 5 nitrogen and oxygen atoms in total. The molecule has 0 saturated heterocycles. The Labute approximate surface area is 105 Å². The minimum atomic E-state index is -0.0352. The predicted octanol–water partition coefficient (Wildman–Crippen LogP) is 1.64. The van der Waals surface area contributed by atoms with Gasteiger partial charge in [-0.2, -0.15) is 10.5 Å². The predicted molar refractivity (Wildman–Crippen MR) is 65.6 cm³/mol. The van der Waals surface area contributed by atoms with Crippen LogP contribution in [0.4, 0.5) is 0 Å². The average molecular weight is 237 g/mol. The summed E-state index contributed by atoms with van der Waals surface area (Å²) < 4.78 is 1.59. The molecule has 0 fully saturated rings. The van der Waals surface area contributed by atoms with Gasteiger partial charge in [0.1, 0.15) is 18.5 Å². The lowest BCUT2D eigenvalue weighted by Gasteiger charge is -2.08. The number of aromatic nitrogens is 2. The molecule has 88 valence electrons. The number of nitrogens with two attached hydrogens (primary N) is 1. The van der Waals surface area contributed by atoms with Gasteiger partial charge in [0.2, 0.25) is 0 Å². The van der Waals surface area contributed by atoms with Crippen LogP contribution < -0.4 is 5.73 Å².